The molecule has 0 aliphatic rings. The Bertz CT molecular complexity index is 321. The highest BCUT2D eigenvalue weighted by atomic mass is 32.1. The van der Waals surface area contributed by atoms with Crippen LogP contribution in [-0.4, -0.2) is 10.1 Å². The summed E-state index contributed by atoms with van der Waals surface area (Å²) in [4.78, 5) is 7.48. The Balaban J connectivity index is 2.94. The van der Waals surface area contributed by atoms with Crippen LogP contribution < -0.4 is 0 Å². The third-order valence-corrected chi connectivity index (χ3v) is 1.56. The van der Waals surface area contributed by atoms with Gasteiger partial charge in [0.05, 0.1) is 17.4 Å². The summed E-state index contributed by atoms with van der Waals surface area (Å²) < 4.78 is 12.6. The molecule has 0 unspecified atom stereocenters. The zero-order valence-electron chi connectivity index (χ0n) is 6.49. The van der Waals surface area contributed by atoms with Crippen molar-refractivity contribution < 1.29 is 4.39 Å². The molecule has 62 valence electrons. The summed E-state index contributed by atoms with van der Waals surface area (Å²) >= 11 is 4.43. The highest BCUT2D eigenvalue weighted by Gasteiger charge is 2.03. The van der Waals surface area contributed by atoms with Gasteiger partial charge in [-0.1, -0.05) is 0 Å². The molecule has 0 radical (unpaired) electrons. The second-order valence-electron chi connectivity index (χ2n) is 2.33. The number of hydrogen-bond acceptors (Lipinski definition) is 3. The lowest BCUT2D eigenvalue weighted by molar-refractivity contribution is 0.615. The van der Waals surface area contributed by atoms with E-state index in [1.54, 1.807) is 13.1 Å². The molecular weight excluding hydrogens is 175 g/mol. The Morgan fingerprint density at radius 3 is 3.00 bits per heavy atom. The van der Waals surface area contributed by atoms with Crippen molar-refractivity contribution in [3.05, 3.63) is 29.8 Å². The third kappa shape index (κ3) is 2.19. The lowest BCUT2D eigenvalue weighted by atomic mass is 10.1. The summed E-state index contributed by atoms with van der Waals surface area (Å²) in [5, 5.41) is 2.24. The van der Waals surface area contributed by atoms with Crippen molar-refractivity contribution in [1.82, 2.24) is 4.98 Å². The normalized spacial score (nSPS) is 11.8. The van der Waals surface area contributed by atoms with Crippen molar-refractivity contribution in [1.29, 1.82) is 0 Å². The third-order valence-electron chi connectivity index (χ3n) is 1.45. The molecule has 0 bridgehead atoms. The van der Waals surface area contributed by atoms with E-state index in [9.17, 15) is 4.39 Å². The fraction of sp³-hybridized carbons (Fsp3) is 0.250. The molecule has 1 rings (SSSR count). The molecule has 1 aromatic rings. The van der Waals surface area contributed by atoms with Gasteiger partial charge in [0, 0.05) is 6.20 Å². The van der Waals surface area contributed by atoms with E-state index in [1.165, 1.54) is 6.07 Å². The Hall–Kier alpha value is -1.12. The van der Waals surface area contributed by atoms with Gasteiger partial charge in [0.1, 0.15) is 5.82 Å². The summed E-state index contributed by atoms with van der Waals surface area (Å²) in [6.07, 6.45) is 2.71. The van der Waals surface area contributed by atoms with Crippen LogP contribution in [0.2, 0.25) is 0 Å². The molecule has 1 heterocycles. The van der Waals surface area contributed by atoms with E-state index in [2.05, 4.69) is 27.4 Å². The molecule has 2 nitrogen and oxygen atoms in total. The number of aliphatic imine (C=N–C) groups is 1. The van der Waals surface area contributed by atoms with E-state index < -0.39 is 0 Å². The molecule has 4 heteroatoms. The first-order valence-corrected chi connectivity index (χ1v) is 3.82. The van der Waals surface area contributed by atoms with Crippen LogP contribution in [-0.2, 0) is 0 Å². The maximum atomic E-state index is 12.6. The second kappa shape index (κ2) is 4.04. The molecule has 0 saturated heterocycles. The maximum Gasteiger partial charge on any atom is 0.141 e. The van der Waals surface area contributed by atoms with E-state index in [1.807, 2.05) is 0 Å². The van der Waals surface area contributed by atoms with Gasteiger partial charge in [-0.05, 0) is 30.8 Å². The van der Waals surface area contributed by atoms with Gasteiger partial charge >= 0.3 is 0 Å². The Morgan fingerprint density at radius 2 is 2.42 bits per heavy atom. The number of isothiocyanates is 1. The number of aromatic nitrogens is 1. The summed E-state index contributed by atoms with van der Waals surface area (Å²) in [5.41, 5.74) is 0.701. The van der Waals surface area contributed by atoms with Gasteiger partial charge in [-0.25, -0.2) is 9.38 Å². The summed E-state index contributed by atoms with van der Waals surface area (Å²) in [6, 6.07) is 1.21. The molecule has 0 fully saturated rings. The Morgan fingerprint density at radius 1 is 1.67 bits per heavy atom. The molecule has 1 aromatic heterocycles. The molecule has 12 heavy (non-hydrogen) atoms. The molecule has 1 atom stereocenters. The summed E-state index contributed by atoms with van der Waals surface area (Å²) in [5.74, 6) is -0.362. The molecule has 0 saturated carbocycles. The number of thiocarbonyl (C=S) groups is 1. The largest absolute Gasteiger partial charge is 0.261 e. The van der Waals surface area contributed by atoms with Gasteiger partial charge in [-0.3, -0.25) is 4.98 Å². The second-order valence-corrected chi connectivity index (χ2v) is 2.52. The lowest BCUT2D eigenvalue weighted by Gasteiger charge is -2.02. The smallest absolute Gasteiger partial charge is 0.141 e. The molecule has 0 amide bonds. The fourth-order valence-corrected chi connectivity index (χ4v) is 0.968. The van der Waals surface area contributed by atoms with Crippen molar-refractivity contribution in [3.8, 4) is 0 Å². The minimum Gasteiger partial charge on any atom is -0.261 e. The summed E-state index contributed by atoms with van der Waals surface area (Å²) in [7, 11) is 0. The Kier molecular flexibility index (Phi) is 3.02. The van der Waals surface area contributed by atoms with Crippen LogP contribution in [0.3, 0.4) is 0 Å². The van der Waals surface area contributed by atoms with E-state index in [0.717, 1.165) is 6.20 Å². The predicted molar refractivity (Wildman–Crippen MR) is 47.6 cm³/mol. The molecular formula is C8H7FN2S. The van der Waals surface area contributed by atoms with Crippen LogP contribution >= 0.6 is 12.2 Å². The number of hydrogen-bond donors (Lipinski definition) is 0. The van der Waals surface area contributed by atoms with E-state index in [4.69, 9.17) is 0 Å². The zero-order valence-corrected chi connectivity index (χ0v) is 7.31. The van der Waals surface area contributed by atoms with Crippen LogP contribution in [0.1, 0.15) is 18.5 Å². The minimum atomic E-state index is -0.362. The van der Waals surface area contributed by atoms with Crippen molar-refractivity contribution in [2.45, 2.75) is 13.0 Å². The summed E-state index contributed by atoms with van der Waals surface area (Å²) in [6.45, 7) is 1.80. The quantitative estimate of drug-likeness (QED) is 0.518. The van der Waals surface area contributed by atoms with Crippen LogP contribution in [0.15, 0.2) is 23.5 Å². The number of halogens is 1. The lowest BCUT2D eigenvalue weighted by Crippen LogP contribution is -1.91. The molecule has 0 aromatic carbocycles. The van der Waals surface area contributed by atoms with E-state index in [0.29, 0.717) is 5.56 Å². The van der Waals surface area contributed by atoms with Crippen molar-refractivity contribution in [3.63, 3.8) is 0 Å². The molecule has 0 aliphatic heterocycles. The van der Waals surface area contributed by atoms with Crippen molar-refractivity contribution in [2.24, 2.45) is 4.99 Å². The number of pyridine rings is 1. The standard InChI is InChI=1S/C8H7FN2S/c1-6(11-5-12)7-2-8(9)4-10-3-7/h2-4,6H,1H3/t6-/m1/s1. The monoisotopic (exact) mass is 182 g/mol. The number of rotatable bonds is 2. The Labute approximate surface area is 75.2 Å². The average Bonchev–Trinajstić information content (AvgIpc) is 2.05. The highest BCUT2D eigenvalue weighted by Crippen LogP contribution is 2.14. The van der Waals surface area contributed by atoms with Gasteiger partial charge in [0.15, 0.2) is 0 Å². The van der Waals surface area contributed by atoms with Gasteiger partial charge in [-0.2, -0.15) is 0 Å². The molecule has 0 N–H and O–H groups in total. The fourth-order valence-electron chi connectivity index (χ4n) is 0.810. The first kappa shape index (κ1) is 8.97. The van der Waals surface area contributed by atoms with Crippen LogP contribution in [0.25, 0.3) is 0 Å². The van der Waals surface area contributed by atoms with Gasteiger partial charge in [0.2, 0.25) is 0 Å². The van der Waals surface area contributed by atoms with Crippen molar-refractivity contribution in [2.75, 3.05) is 0 Å². The van der Waals surface area contributed by atoms with E-state index in [-0.39, 0.29) is 11.9 Å². The molecule has 0 spiro atoms. The topological polar surface area (TPSA) is 25.2 Å². The van der Waals surface area contributed by atoms with Crippen LogP contribution in [0, 0.1) is 5.82 Å². The van der Waals surface area contributed by atoms with Crippen molar-refractivity contribution >= 4 is 17.4 Å². The minimum absolute atomic E-state index is 0.175. The predicted octanol–water partition coefficient (Wildman–Crippen LogP) is 2.38. The first-order chi connectivity index (χ1) is 5.74. The first-order valence-electron chi connectivity index (χ1n) is 3.41. The number of nitrogens with zero attached hydrogens (tertiary/aromatic N) is 2. The highest BCUT2D eigenvalue weighted by molar-refractivity contribution is 7.78. The van der Waals surface area contributed by atoms with Crippen LogP contribution in [0.4, 0.5) is 4.39 Å². The van der Waals surface area contributed by atoms with E-state index >= 15 is 0 Å². The zero-order chi connectivity index (χ0) is 8.97. The van der Waals surface area contributed by atoms with Gasteiger partial charge in [-0.15, -0.1) is 0 Å². The SMILES string of the molecule is C[C@@H](N=C=S)c1cncc(F)c1. The van der Waals surface area contributed by atoms with Gasteiger partial charge in [0.25, 0.3) is 0 Å². The average molecular weight is 182 g/mol. The van der Waals surface area contributed by atoms with Gasteiger partial charge < -0.3 is 0 Å². The molecule has 0 aliphatic carbocycles. The maximum absolute atomic E-state index is 12.6. The van der Waals surface area contributed by atoms with Crippen LogP contribution in [0.5, 0.6) is 0 Å².